The van der Waals surface area contributed by atoms with Crippen LogP contribution < -0.4 is 19.5 Å². The summed E-state index contributed by atoms with van der Waals surface area (Å²) in [5.74, 6) is 0.636. The van der Waals surface area contributed by atoms with E-state index in [1.54, 1.807) is 24.3 Å². The van der Waals surface area contributed by atoms with Crippen molar-refractivity contribution in [1.82, 2.24) is 0 Å². The molecule has 0 aromatic heterocycles. The topological polar surface area (TPSA) is 83.1 Å². The van der Waals surface area contributed by atoms with Crippen molar-refractivity contribution in [1.29, 1.82) is 0 Å². The van der Waals surface area contributed by atoms with E-state index in [1.165, 1.54) is 6.92 Å². The lowest BCUT2D eigenvalue weighted by Crippen LogP contribution is -2.31. The van der Waals surface area contributed by atoms with Crippen LogP contribution in [0.4, 0.5) is 5.69 Å². The lowest BCUT2D eigenvalue weighted by molar-refractivity contribution is -0.155. The smallest absolute Gasteiger partial charge is 0.344 e. The van der Waals surface area contributed by atoms with Gasteiger partial charge in [-0.15, -0.1) is 0 Å². The van der Waals surface area contributed by atoms with Crippen LogP contribution >= 0.6 is 0 Å². The van der Waals surface area contributed by atoms with Crippen LogP contribution in [0.15, 0.2) is 60.7 Å². The van der Waals surface area contributed by atoms with E-state index in [1.807, 2.05) is 36.4 Å². The monoisotopic (exact) mass is 393 g/mol. The highest BCUT2D eigenvalue weighted by atomic mass is 16.7. The highest BCUT2D eigenvalue weighted by Crippen LogP contribution is 2.34. The van der Waals surface area contributed by atoms with Gasteiger partial charge in [-0.2, -0.15) is 0 Å². The third-order valence-corrected chi connectivity index (χ3v) is 4.40. The summed E-state index contributed by atoms with van der Waals surface area (Å²) in [7, 11) is 0. The summed E-state index contributed by atoms with van der Waals surface area (Å²) in [6.45, 7) is 1.36. The highest BCUT2D eigenvalue weighted by Gasteiger charge is 2.20. The van der Waals surface area contributed by atoms with Crippen molar-refractivity contribution >= 4 is 28.3 Å². The van der Waals surface area contributed by atoms with Crippen LogP contribution in [0.2, 0.25) is 0 Å². The first-order valence-electron chi connectivity index (χ1n) is 9.10. The molecule has 1 aliphatic rings. The molecule has 1 N–H and O–H groups in total. The van der Waals surface area contributed by atoms with Gasteiger partial charge in [0.1, 0.15) is 5.75 Å². The Morgan fingerprint density at radius 3 is 2.66 bits per heavy atom. The van der Waals surface area contributed by atoms with E-state index in [2.05, 4.69) is 5.32 Å². The predicted molar refractivity (Wildman–Crippen MR) is 106 cm³/mol. The van der Waals surface area contributed by atoms with Crippen molar-refractivity contribution in [2.45, 2.75) is 13.0 Å². The van der Waals surface area contributed by atoms with Crippen molar-refractivity contribution < 1.29 is 28.5 Å². The number of nitrogens with one attached hydrogen (secondary N) is 1. The van der Waals surface area contributed by atoms with Gasteiger partial charge in [-0.25, -0.2) is 4.79 Å². The van der Waals surface area contributed by atoms with Crippen LogP contribution in [-0.2, 0) is 14.3 Å². The molecular formula is C22H19NO6. The Morgan fingerprint density at radius 1 is 1.00 bits per heavy atom. The predicted octanol–water partition coefficient (Wildman–Crippen LogP) is 3.52. The van der Waals surface area contributed by atoms with Gasteiger partial charge in [-0.3, -0.25) is 4.79 Å². The molecule has 1 aliphatic heterocycles. The standard InChI is InChI=1S/C22H19NO6/c1-14(22(25)23-17-7-9-19-20(11-17)28-13-27-19)29-21(24)12-26-18-8-6-15-4-2-3-5-16(15)10-18/h2-11,14H,12-13H2,1H3,(H,23,25). The average molecular weight is 393 g/mol. The zero-order valence-electron chi connectivity index (χ0n) is 15.7. The number of hydrogen-bond donors (Lipinski definition) is 1. The fourth-order valence-electron chi connectivity index (χ4n) is 2.90. The van der Waals surface area contributed by atoms with Gasteiger partial charge in [0, 0.05) is 11.8 Å². The van der Waals surface area contributed by atoms with Gasteiger partial charge in [-0.1, -0.05) is 30.3 Å². The Hall–Kier alpha value is -3.74. The lowest BCUT2D eigenvalue weighted by Gasteiger charge is -2.14. The van der Waals surface area contributed by atoms with Crippen molar-refractivity contribution in [3.05, 3.63) is 60.7 Å². The highest BCUT2D eigenvalue weighted by molar-refractivity contribution is 5.95. The first kappa shape index (κ1) is 18.6. The lowest BCUT2D eigenvalue weighted by atomic mass is 10.1. The Morgan fingerprint density at radius 2 is 1.79 bits per heavy atom. The summed E-state index contributed by atoms with van der Waals surface area (Å²) in [4.78, 5) is 24.3. The molecule has 7 nitrogen and oxygen atoms in total. The van der Waals surface area contributed by atoms with Crippen LogP contribution in [0, 0.1) is 0 Å². The van der Waals surface area contributed by atoms with Crippen molar-refractivity contribution in [2.75, 3.05) is 18.7 Å². The molecular weight excluding hydrogens is 374 g/mol. The van der Waals surface area contributed by atoms with Crippen LogP contribution in [0.5, 0.6) is 17.2 Å². The summed E-state index contributed by atoms with van der Waals surface area (Å²) in [6.07, 6.45) is -0.979. The molecule has 0 fully saturated rings. The zero-order chi connectivity index (χ0) is 20.2. The Balaban J connectivity index is 1.28. The molecule has 0 bridgehead atoms. The Bertz CT molecular complexity index is 1060. The maximum absolute atomic E-state index is 12.3. The van der Waals surface area contributed by atoms with Gasteiger partial charge in [0.05, 0.1) is 0 Å². The first-order chi connectivity index (χ1) is 14.1. The first-order valence-corrected chi connectivity index (χ1v) is 9.10. The normalized spacial score (nSPS) is 13.0. The molecule has 0 radical (unpaired) electrons. The molecule has 1 amide bonds. The van der Waals surface area contributed by atoms with E-state index in [0.29, 0.717) is 22.9 Å². The molecule has 0 saturated carbocycles. The minimum atomic E-state index is -0.979. The molecule has 3 aromatic carbocycles. The molecule has 1 heterocycles. The van der Waals surface area contributed by atoms with E-state index in [-0.39, 0.29) is 13.4 Å². The average Bonchev–Trinajstić information content (AvgIpc) is 3.20. The molecule has 1 atom stereocenters. The second kappa shape index (κ2) is 8.10. The second-order valence-corrected chi connectivity index (χ2v) is 6.49. The van der Waals surface area contributed by atoms with Crippen LogP contribution in [0.25, 0.3) is 10.8 Å². The number of carbonyl (C=O) groups is 2. The minimum absolute atomic E-state index is 0.151. The van der Waals surface area contributed by atoms with E-state index < -0.39 is 18.0 Å². The number of benzene rings is 3. The Kier molecular flexibility index (Phi) is 5.20. The van der Waals surface area contributed by atoms with E-state index in [9.17, 15) is 9.59 Å². The molecule has 3 aromatic rings. The fraction of sp³-hybridized carbons (Fsp3) is 0.182. The Labute approximate surface area is 167 Å². The van der Waals surface area contributed by atoms with Crippen LogP contribution in [0.1, 0.15) is 6.92 Å². The zero-order valence-corrected chi connectivity index (χ0v) is 15.7. The van der Waals surface area contributed by atoms with Gasteiger partial charge in [0.25, 0.3) is 5.91 Å². The molecule has 7 heteroatoms. The molecule has 0 spiro atoms. The third kappa shape index (κ3) is 4.40. The molecule has 1 unspecified atom stereocenters. The number of ether oxygens (including phenoxy) is 4. The van der Waals surface area contributed by atoms with Gasteiger partial charge in [-0.05, 0) is 42.0 Å². The van der Waals surface area contributed by atoms with Crippen LogP contribution in [0.3, 0.4) is 0 Å². The number of anilines is 1. The third-order valence-electron chi connectivity index (χ3n) is 4.40. The summed E-state index contributed by atoms with van der Waals surface area (Å²) < 4.78 is 21.1. The number of esters is 1. The number of hydrogen-bond acceptors (Lipinski definition) is 6. The quantitative estimate of drug-likeness (QED) is 0.645. The SMILES string of the molecule is CC(OC(=O)COc1ccc2ccccc2c1)C(=O)Nc1ccc2c(c1)OCO2. The molecule has 29 heavy (non-hydrogen) atoms. The summed E-state index contributed by atoms with van der Waals surface area (Å²) in [5, 5.41) is 4.77. The fourth-order valence-corrected chi connectivity index (χ4v) is 2.90. The van der Waals surface area contributed by atoms with E-state index in [0.717, 1.165) is 10.8 Å². The molecule has 0 aliphatic carbocycles. The maximum Gasteiger partial charge on any atom is 0.344 e. The maximum atomic E-state index is 12.3. The minimum Gasteiger partial charge on any atom is -0.482 e. The number of rotatable bonds is 6. The number of fused-ring (bicyclic) bond motifs is 2. The molecule has 0 saturated heterocycles. The second-order valence-electron chi connectivity index (χ2n) is 6.49. The summed E-state index contributed by atoms with van der Waals surface area (Å²) in [6, 6.07) is 18.4. The van der Waals surface area contributed by atoms with Gasteiger partial charge in [0.2, 0.25) is 6.79 Å². The summed E-state index contributed by atoms with van der Waals surface area (Å²) >= 11 is 0. The van der Waals surface area contributed by atoms with E-state index >= 15 is 0 Å². The van der Waals surface area contributed by atoms with Gasteiger partial charge < -0.3 is 24.3 Å². The molecule has 148 valence electrons. The van der Waals surface area contributed by atoms with Gasteiger partial charge in [0.15, 0.2) is 24.2 Å². The number of amides is 1. The number of carbonyl (C=O) groups excluding carboxylic acids is 2. The largest absolute Gasteiger partial charge is 0.482 e. The van der Waals surface area contributed by atoms with E-state index in [4.69, 9.17) is 18.9 Å². The van der Waals surface area contributed by atoms with Crippen LogP contribution in [-0.4, -0.2) is 31.4 Å². The van der Waals surface area contributed by atoms with Crippen molar-refractivity contribution in [3.8, 4) is 17.2 Å². The summed E-state index contributed by atoms with van der Waals surface area (Å²) in [5.41, 5.74) is 0.523. The van der Waals surface area contributed by atoms with Gasteiger partial charge >= 0.3 is 5.97 Å². The van der Waals surface area contributed by atoms with Crippen molar-refractivity contribution in [3.63, 3.8) is 0 Å². The molecule has 4 rings (SSSR count). The van der Waals surface area contributed by atoms with Crippen molar-refractivity contribution in [2.24, 2.45) is 0 Å².